The number of aryl methyl sites for hydroxylation is 1. The van der Waals surface area contributed by atoms with E-state index < -0.39 is 15.9 Å². The molecule has 0 fully saturated rings. The first kappa shape index (κ1) is 16.7. The molecule has 0 aliphatic rings. The van der Waals surface area contributed by atoms with Crippen molar-refractivity contribution in [3.63, 3.8) is 0 Å². The first-order valence-corrected chi connectivity index (χ1v) is 8.46. The molecule has 0 aliphatic carbocycles. The minimum atomic E-state index is -3.07. The molecular weight excluding hydrogens is 276 g/mol. The van der Waals surface area contributed by atoms with Crippen LogP contribution in [0.1, 0.15) is 17.2 Å². The van der Waals surface area contributed by atoms with E-state index in [-0.39, 0.29) is 18.2 Å². The third kappa shape index (κ3) is 4.94. The van der Waals surface area contributed by atoms with Crippen LogP contribution in [0.25, 0.3) is 0 Å². The van der Waals surface area contributed by atoms with Gasteiger partial charge in [-0.15, -0.1) is 0 Å². The molecule has 0 unspecified atom stereocenters. The van der Waals surface area contributed by atoms with Gasteiger partial charge in [-0.3, -0.25) is 9.69 Å². The lowest BCUT2D eigenvalue weighted by atomic mass is 10.00. The van der Waals surface area contributed by atoms with E-state index in [9.17, 15) is 13.2 Å². The lowest BCUT2D eigenvalue weighted by Gasteiger charge is -2.25. The van der Waals surface area contributed by atoms with Crippen LogP contribution in [0.3, 0.4) is 0 Å². The van der Waals surface area contributed by atoms with Gasteiger partial charge in [-0.2, -0.15) is 0 Å². The van der Waals surface area contributed by atoms with Crippen molar-refractivity contribution in [2.75, 3.05) is 32.6 Å². The Morgan fingerprint density at radius 2 is 1.90 bits per heavy atom. The van der Waals surface area contributed by atoms with Crippen LogP contribution in [0, 0.1) is 6.92 Å². The van der Waals surface area contributed by atoms with Crippen molar-refractivity contribution in [2.24, 2.45) is 0 Å². The van der Waals surface area contributed by atoms with Crippen molar-refractivity contribution < 1.29 is 13.2 Å². The summed E-state index contributed by atoms with van der Waals surface area (Å²) in [7, 11) is 0.586. The number of carbonyl (C=O) groups excluding carboxylic acids is 1. The van der Waals surface area contributed by atoms with Gasteiger partial charge in [0.2, 0.25) is 5.91 Å². The maximum Gasteiger partial charge on any atom is 0.241 e. The monoisotopic (exact) mass is 298 g/mol. The number of rotatable bonds is 6. The lowest BCUT2D eigenvalue weighted by Crippen LogP contribution is -2.39. The van der Waals surface area contributed by atoms with Crippen molar-refractivity contribution in [3.05, 3.63) is 35.4 Å². The Hall–Kier alpha value is -1.40. The molecular formula is C14H22N2O3S. The molecule has 0 aliphatic heterocycles. The van der Waals surface area contributed by atoms with E-state index in [4.69, 9.17) is 0 Å². The van der Waals surface area contributed by atoms with Crippen molar-refractivity contribution in [3.8, 4) is 0 Å². The average Bonchev–Trinajstić information content (AvgIpc) is 2.29. The molecule has 112 valence electrons. The zero-order valence-electron chi connectivity index (χ0n) is 12.4. The molecule has 0 radical (unpaired) electrons. The van der Waals surface area contributed by atoms with E-state index >= 15 is 0 Å². The number of carbonyl (C=O) groups is 1. The Morgan fingerprint density at radius 1 is 1.30 bits per heavy atom. The number of benzene rings is 1. The van der Waals surface area contributed by atoms with E-state index in [2.05, 4.69) is 5.32 Å². The Morgan fingerprint density at radius 3 is 2.40 bits per heavy atom. The van der Waals surface area contributed by atoms with Gasteiger partial charge in [0.15, 0.2) is 0 Å². The molecule has 1 aromatic carbocycles. The van der Waals surface area contributed by atoms with Crippen LogP contribution in [0.4, 0.5) is 0 Å². The summed E-state index contributed by atoms with van der Waals surface area (Å²) < 4.78 is 22.2. The van der Waals surface area contributed by atoms with Crippen LogP contribution in [-0.4, -0.2) is 51.9 Å². The third-order valence-electron chi connectivity index (χ3n) is 3.02. The highest BCUT2D eigenvalue weighted by Crippen LogP contribution is 2.21. The van der Waals surface area contributed by atoms with E-state index in [1.54, 1.807) is 0 Å². The van der Waals surface area contributed by atoms with Gasteiger partial charge in [0.05, 0.1) is 5.75 Å². The topological polar surface area (TPSA) is 66.5 Å². The highest BCUT2D eigenvalue weighted by atomic mass is 32.2. The summed E-state index contributed by atoms with van der Waals surface area (Å²) in [6.07, 6.45) is 1.16. The Bertz CT molecular complexity index is 568. The molecule has 5 nitrogen and oxygen atoms in total. The van der Waals surface area contributed by atoms with Gasteiger partial charge in [-0.1, -0.05) is 24.3 Å². The second-order valence-corrected chi connectivity index (χ2v) is 7.40. The van der Waals surface area contributed by atoms with E-state index in [1.807, 2.05) is 50.2 Å². The molecule has 20 heavy (non-hydrogen) atoms. The van der Waals surface area contributed by atoms with E-state index in [0.717, 1.165) is 17.4 Å². The quantitative estimate of drug-likeness (QED) is 0.842. The van der Waals surface area contributed by atoms with Gasteiger partial charge in [0, 0.05) is 12.8 Å². The van der Waals surface area contributed by atoms with Crippen LogP contribution < -0.4 is 5.32 Å². The minimum absolute atomic E-state index is 0.0489. The number of amides is 1. The van der Waals surface area contributed by atoms with E-state index in [0.29, 0.717) is 0 Å². The first-order valence-electron chi connectivity index (χ1n) is 6.40. The smallest absolute Gasteiger partial charge is 0.241 e. The van der Waals surface area contributed by atoms with Crippen molar-refractivity contribution in [1.82, 2.24) is 10.2 Å². The predicted octanol–water partition coefficient (Wildman–Crippen LogP) is 0.759. The molecule has 0 heterocycles. The minimum Gasteiger partial charge on any atom is -0.353 e. The fourth-order valence-electron chi connectivity index (χ4n) is 2.00. The fourth-order valence-corrected chi connectivity index (χ4v) is 2.48. The standard InChI is InChI=1S/C14H22N2O3S/c1-11-7-5-6-8-12(11)13(16(2)3)14(17)15-9-10-20(4,18)19/h5-8,13H,9-10H2,1-4H3,(H,15,17)/t13-/m0/s1. The maximum absolute atomic E-state index is 12.3. The summed E-state index contributed by atoms with van der Waals surface area (Å²) in [5.41, 5.74) is 1.96. The number of hydrogen-bond acceptors (Lipinski definition) is 4. The van der Waals surface area contributed by atoms with Crippen LogP contribution in [0.5, 0.6) is 0 Å². The maximum atomic E-state index is 12.3. The highest BCUT2D eigenvalue weighted by Gasteiger charge is 2.24. The molecule has 1 rings (SSSR count). The zero-order chi connectivity index (χ0) is 15.3. The normalized spacial score (nSPS) is 13.2. The highest BCUT2D eigenvalue weighted by molar-refractivity contribution is 7.90. The molecule has 6 heteroatoms. The van der Waals surface area contributed by atoms with Crippen LogP contribution >= 0.6 is 0 Å². The molecule has 0 spiro atoms. The SMILES string of the molecule is Cc1ccccc1[C@@H](C(=O)NCCS(C)(=O)=O)N(C)C. The van der Waals surface area contributed by atoms with Crippen molar-refractivity contribution >= 4 is 15.7 Å². The van der Waals surface area contributed by atoms with Crippen molar-refractivity contribution in [2.45, 2.75) is 13.0 Å². The van der Waals surface area contributed by atoms with Gasteiger partial charge < -0.3 is 5.32 Å². The van der Waals surface area contributed by atoms with Gasteiger partial charge in [0.25, 0.3) is 0 Å². The van der Waals surface area contributed by atoms with Crippen LogP contribution in [0.2, 0.25) is 0 Å². The molecule has 1 atom stereocenters. The summed E-state index contributed by atoms with van der Waals surface area (Å²) in [5.74, 6) is -0.236. The Labute approximate surface area is 120 Å². The van der Waals surface area contributed by atoms with Gasteiger partial charge in [0.1, 0.15) is 15.9 Å². The number of sulfone groups is 1. The molecule has 0 saturated carbocycles. The summed E-state index contributed by atoms with van der Waals surface area (Å²) in [6.45, 7) is 2.09. The second-order valence-electron chi connectivity index (χ2n) is 5.14. The van der Waals surface area contributed by atoms with Crippen molar-refractivity contribution in [1.29, 1.82) is 0 Å². The second kappa shape index (κ2) is 6.85. The number of nitrogens with one attached hydrogen (secondary N) is 1. The molecule has 1 aromatic rings. The molecule has 1 N–H and O–H groups in total. The summed E-state index contributed by atoms with van der Waals surface area (Å²) in [4.78, 5) is 14.1. The Kier molecular flexibility index (Phi) is 5.71. The zero-order valence-corrected chi connectivity index (χ0v) is 13.2. The molecule has 1 amide bonds. The largest absolute Gasteiger partial charge is 0.353 e. The molecule has 0 aromatic heterocycles. The predicted molar refractivity (Wildman–Crippen MR) is 80.3 cm³/mol. The van der Waals surface area contributed by atoms with Gasteiger partial charge >= 0.3 is 0 Å². The Balaban J connectivity index is 2.82. The van der Waals surface area contributed by atoms with Gasteiger partial charge in [-0.05, 0) is 32.1 Å². The first-order chi connectivity index (χ1) is 9.22. The average molecular weight is 298 g/mol. The van der Waals surface area contributed by atoms with Crippen LogP contribution in [-0.2, 0) is 14.6 Å². The van der Waals surface area contributed by atoms with Crippen LogP contribution in [0.15, 0.2) is 24.3 Å². The summed E-state index contributed by atoms with van der Waals surface area (Å²) >= 11 is 0. The molecule has 0 bridgehead atoms. The lowest BCUT2D eigenvalue weighted by molar-refractivity contribution is -0.125. The number of nitrogens with zero attached hydrogens (tertiary/aromatic N) is 1. The summed E-state index contributed by atoms with van der Waals surface area (Å²) in [6, 6.07) is 7.26. The third-order valence-corrected chi connectivity index (χ3v) is 3.97. The van der Waals surface area contributed by atoms with Gasteiger partial charge in [-0.25, -0.2) is 8.42 Å². The fraction of sp³-hybridized carbons (Fsp3) is 0.500. The molecule has 0 saturated heterocycles. The van der Waals surface area contributed by atoms with E-state index in [1.165, 1.54) is 0 Å². The summed E-state index contributed by atoms with van der Waals surface area (Å²) in [5, 5.41) is 2.69. The number of likely N-dealkylation sites (N-methyl/N-ethyl adjacent to an activating group) is 1. The number of hydrogen-bond donors (Lipinski definition) is 1.